The molecule has 1 aliphatic rings. The van der Waals surface area contributed by atoms with Crippen molar-refractivity contribution in [3.8, 4) is 0 Å². The topological polar surface area (TPSA) is 63.0 Å². The molecule has 1 saturated carbocycles. The highest BCUT2D eigenvalue weighted by atomic mass is 16.0. The zero-order valence-electron chi connectivity index (χ0n) is 15.6. The molecule has 0 aromatic carbocycles. The van der Waals surface area contributed by atoms with Crippen molar-refractivity contribution in [3.05, 3.63) is 0 Å². The fourth-order valence-electron chi connectivity index (χ4n) is 2.34. The molecule has 4 N–H and O–H groups in total. The van der Waals surface area contributed by atoms with Crippen molar-refractivity contribution >= 4 is 0 Å². The lowest BCUT2D eigenvalue weighted by Gasteiger charge is -2.21. The third kappa shape index (κ3) is 26.5. The Balaban J connectivity index is -0.0000000833. The molecule has 0 spiro atoms. The molecular weight excluding hydrogens is 248 g/mol. The standard InChI is InChI=1S/C12H24.3C2H6.2H2O/c1-2-3-4-6-9-12-10-7-5-8-11-12;3*1-2;;/h12H,2-11H2,1H3;3*1-2H3;2*1H2. The van der Waals surface area contributed by atoms with Crippen molar-refractivity contribution in [2.45, 2.75) is 113 Å². The first-order chi connectivity index (χ1) is 8.93. The second-order valence-corrected chi connectivity index (χ2v) is 4.35. The minimum atomic E-state index is 0. The maximum absolute atomic E-state index is 2.29. The molecule has 20 heavy (non-hydrogen) atoms. The SMILES string of the molecule is CC.CC.CC.CCCCCCC1CCCCC1.O.O. The third-order valence-electron chi connectivity index (χ3n) is 3.19. The Kier molecular flexibility index (Phi) is 58.3. The van der Waals surface area contributed by atoms with Crippen LogP contribution in [-0.2, 0) is 0 Å². The van der Waals surface area contributed by atoms with Gasteiger partial charge >= 0.3 is 0 Å². The first-order valence-corrected chi connectivity index (χ1v) is 8.93. The summed E-state index contributed by atoms with van der Waals surface area (Å²) in [6.45, 7) is 14.3. The first kappa shape index (κ1) is 32.0. The zero-order chi connectivity index (χ0) is 14.6. The van der Waals surface area contributed by atoms with Crippen LogP contribution >= 0.6 is 0 Å². The van der Waals surface area contributed by atoms with E-state index in [-0.39, 0.29) is 11.0 Å². The van der Waals surface area contributed by atoms with Gasteiger partial charge in [-0.3, -0.25) is 0 Å². The Morgan fingerprint density at radius 2 is 1.10 bits per heavy atom. The van der Waals surface area contributed by atoms with Gasteiger partial charge in [0.2, 0.25) is 0 Å². The smallest absolute Gasteiger partial charge is 0.0414 e. The molecule has 0 amide bonds. The Morgan fingerprint density at radius 1 is 0.650 bits per heavy atom. The van der Waals surface area contributed by atoms with E-state index >= 15 is 0 Å². The van der Waals surface area contributed by atoms with Crippen molar-refractivity contribution in [3.63, 3.8) is 0 Å². The summed E-state index contributed by atoms with van der Waals surface area (Å²) in [6, 6.07) is 0. The van der Waals surface area contributed by atoms with Gasteiger partial charge in [0.05, 0.1) is 0 Å². The van der Waals surface area contributed by atoms with Gasteiger partial charge < -0.3 is 11.0 Å². The predicted molar refractivity (Wildman–Crippen MR) is 96.6 cm³/mol. The van der Waals surface area contributed by atoms with E-state index in [4.69, 9.17) is 0 Å². The van der Waals surface area contributed by atoms with Crippen LogP contribution in [0.25, 0.3) is 0 Å². The van der Waals surface area contributed by atoms with Gasteiger partial charge in [0, 0.05) is 0 Å². The molecule has 130 valence electrons. The molecule has 0 radical (unpaired) electrons. The molecule has 1 aliphatic carbocycles. The highest BCUT2D eigenvalue weighted by Crippen LogP contribution is 2.27. The highest BCUT2D eigenvalue weighted by Gasteiger charge is 2.11. The summed E-state index contributed by atoms with van der Waals surface area (Å²) in [6.07, 6.45) is 14.9. The Labute approximate surface area is 130 Å². The lowest BCUT2D eigenvalue weighted by atomic mass is 9.85. The van der Waals surface area contributed by atoms with Crippen LogP contribution < -0.4 is 0 Å². The molecule has 0 atom stereocenters. The summed E-state index contributed by atoms with van der Waals surface area (Å²) in [7, 11) is 0. The van der Waals surface area contributed by atoms with Gasteiger partial charge in [-0.1, -0.05) is 113 Å². The lowest BCUT2D eigenvalue weighted by molar-refractivity contribution is 0.328. The van der Waals surface area contributed by atoms with Crippen molar-refractivity contribution in [1.82, 2.24) is 0 Å². The van der Waals surface area contributed by atoms with Gasteiger partial charge in [-0.15, -0.1) is 0 Å². The van der Waals surface area contributed by atoms with E-state index in [9.17, 15) is 0 Å². The summed E-state index contributed by atoms with van der Waals surface area (Å²) in [4.78, 5) is 0. The molecule has 1 rings (SSSR count). The molecule has 1 fully saturated rings. The van der Waals surface area contributed by atoms with Crippen LogP contribution in [-0.4, -0.2) is 11.0 Å². The molecule has 2 heteroatoms. The van der Waals surface area contributed by atoms with Crippen molar-refractivity contribution in [2.24, 2.45) is 5.92 Å². The van der Waals surface area contributed by atoms with E-state index in [1.54, 1.807) is 0 Å². The number of unbranched alkanes of at least 4 members (excludes halogenated alkanes) is 3. The van der Waals surface area contributed by atoms with Crippen LogP contribution in [0.5, 0.6) is 0 Å². The molecular formula is C18H46O2. The second-order valence-electron chi connectivity index (χ2n) is 4.35. The summed E-state index contributed by atoms with van der Waals surface area (Å²) < 4.78 is 0. The average Bonchev–Trinajstić information content (AvgIpc) is 2.51. The van der Waals surface area contributed by atoms with Gasteiger partial charge in [-0.05, 0) is 5.92 Å². The van der Waals surface area contributed by atoms with E-state index in [2.05, 4.69) is 6.92 Å². The fourth-order valence-corrected chi connectivity index (χ4v) is 2.34. The lowest BCUT2D eigenvalue weighted by Crippen LogP contribution is -2.05. The maximum atomic E-state index is 2.29. The molecule has 0 heterocycles. The number of hydrogen-bond acceptors (Lipinski definition) is 0. The summed E-state index contributed by atoms with van der Waals surface area (Å²) >= 11 is 0. The minimum Gasteiger partial charge on any atom is -0.412 e. The molecule has 0 aromatic rings. The van der Waals surface area contributed by atoms with Gasteiger partial charge in [0.25, 0.3) is 0 Å². The quantitative estimate of drug-likeness (QED) is 0.561. The van der Waals surface area contributed by atoms with Crippen LogP contribution in [0.1, 0.15) is 113 Å². The van der Waals surface area contributed by atoms with Crippen LogP contribution in [0.2, 0.25) is 0 Å². The number of rotatable bonds is 5. The normalized spacial score (nSPS) is 12.8. The summed E-state index contributed by atoms with van der Waals surface area (Å²) in [5, 5.41) is 0. The second kappa shape index (κ2) is 36.4. The summed E-state index contributed by atoms with van der Waals surface area (Å²) in [5.41, 5.74) is 0. The van der Waals surface area contributed by atoms with Crippen molar-refractivity contribution in [2.75, 3.05) is 0 Å². The zero-order valence-corrected chi connectivity index (χ0v) is 15.6. The van der Waals surface area contributed by atoms with Crippen LogP contribution in [0.3, 0.4) is 0 Å². The largest absolute Gasteiger partial charge is 0.412 e. The minimum absolute atomic E-state index is 0. The molecule has 2 nitrogen and oxygen atoms in total. The van der Waals surface area contributed by atoms with Crippen molar-refractivity contribution < 1.29 is 11.0 Å². The monoisotopic (exact) mass is 294 g/mol. The van der Waals surface area contributed by atoms with Gasteiger partial charge in [0.15, 0.2) is 0 Å². The van der Waals surface area contributed by atoms with E-state index < -0.39 is 0 Å². The van der Waals surface area contributed by atoms with E-state index in [0.29, 0.717) is 0 Å². The summed E-state index contributed by atoms with van der Waals surface area (Å²) in [5.74, 6) is 1.11. The fraction of sp³-hybridized carbons (Fsp3) is 1.00. The van der Waals surface area contributed by atoms with E-state index in [1.165, 1.54) is 64.2 Å². The molecule has 0 unspecified atom stereocenters. The predicted octanol–water partition coefficient (Wildman–Crippen LogP) is 5.97. The van der Waals surface area contributed by atoms with Crippen LogP contribution in [0, 0.1) is 5.92 Å². The van der Waals surface area contributed by atoms with Crippen LogP contribution in [0.4, 0.5) is 0 Å². The Morgan fingerprint density at radius 3 is 1.50 bits per heavy atom. The average molecular weight is 295 g/mol. The molecule has 0 aromatic heterocycles. The van der Waals surface area contributed by atoms with Crippen LogP contribution in [0.15, 0.2) is 0 Å². The van der Waals surface area contributed by atoms with Crippen molar-refractivity contribution in [1.29, 1.82) is 0 Å². The number of hydrogen-bond donors (Lipinski definition) is 0. The Hall–Kier alpha value is -0.0800. The third-order valence-corrected chi connectivity index (χ3v) is 3.19. The molecule has 0 saturated heterocycles. The highest BCUT2D eigenvalue weighted by molar-refractivity contribution is 4.65. The molecule has 0 aliphatic heterocycles. The van der Waals surface area contributed by atoms with Gasteiger partial charge in [-0.2, -0.15) is 0 Å². The Bertz CT molecular complexity index is 99.6. The van der Waals surface area contributed by atoms with E-state index in [0.717, 1.165) is 5.92 Å². The van der Waals surface area contributed by atoms with Gasteiger partial charge in [0.1, 0.15) is 0 Å². The maximum Gasteiger partial charge on any atom is -0.0414 e. The molecule has 0 bridgehead atoms. The van der Waals surface area contributed by atoms with E-state index in [1.807, 2.05) is 41.5 Å². The first-order valence-electron chi connectivity index (χ1n) is 8.93. The van der Waals surface area contributed by atoms with Gasteiger partial charge in [-0.25, -0.2) is 0 Å².